The molecule has 0 saturated heterocycles. The minimum absolute atomic E-state index is 0.0270. The number of rotatable bonds is 11. The zero-order chi connectivity index (χ0) is 14.5. The molecule has 0 saturated carbocycles. The maximum Gasteiger partial charge on any atom is 0.320 e. The molecular formula is C14H26INO3. The van der Waals surface area contributed by atoms with Gasteiger partial charge in [0.2, 0.25) is 5.91 Å². The van der Waals surface area contributed by atoms with Gasteiger partial charge in [-0.25, -0.2) is 0 Å². The van der Waals surface area contributed by atoms with E-state index in [0.29, 0.717) is 13.0 Å². The number of unbranched alkanes of at least 4 members (excludes halogenated alkanes) is 6. The minimum atomic E-state index is -0.305. The molecule has 1 atom stereocenters. The number of ether oxygens (including phenoxy) is 1. The highest BCUT2D eigenvalue weighted by molar-refractivity contribution is 14.1. The zero-order valence-corrected chi connectivity index (χ0v) is 14.2. The number of hydrogen-bond acceptors (Lipinski definition) is 3. The second-order valence-electron chi connectivity index (χ2n) is 4.67. The van der Waals surface area contributed by atoms with Crippen molar-refractivity contribution in [3.63, 3.8) is 0 Å². The Balaban J connectivity index is 3.42. The standard InChI is InChI=1S/C14H26INO3/c1-3-4-5-6-7-8-9-10-13(17)16-11-12(15)14(18)19-2/h12H,3-11H2,1-2H3,(H,16,17). The largest absolute Gasteiger partial charge is 0.468 e. The van der Waals surface area contributed by atoms with Gasteiger partial charge in [-0.1, -0.05) is 68.0 Å². The maximum absolute atomic E-state index is 11.5. The fourth-order valence-corrected chi connectivity index (χ4v) is 2.22. The molecule has 0 aromatic rings. The molecule has 0 radical (unpaired) electrons. The Bertz CT molecular complexity index is 259. The summed E-state index contributed by atoms with van der Waals surface area (Å²) >= 11 is 1.98. The average molecular weight is 383 g/mol. The lowest BCUT2D eigenvalue weighted by Gasteiger charge is -2.09. The van der Waals surface area contributed by atoms with E-state index in [9.17, 15) is 9.59 Å². The van der Waals surface area contributed by atoms with Crippen molar-refractivity contribution in [1.82, 2.24) is 5.32 Å². The van der Waals surface area contributed by atoms with Gasteiger partial charge in [-0.2, -0.15) is 0 Å². The summed E-state index contributed by atoms with van der Waals surface area (Å²) in [6, 6.07) is 0. The van der Waals surface area contributed by atoms with E-state index in [4.69, 9.17) is 0 Å². The molecule has 4 nitrogen and oxygen atoms in total. The van der Waals surface area contributed by atoms with E-state index in [1.807, 2.05) is 22.6 Å². The van der Waals surface area contributed by atoms with Crippen molar-refractivity contribution in [1.29, 1.82) is 0 Å². The monoisotopic (exact) mass is 383 g/mol. The first-order chi connectivity index (χ1) is 9.11. The summed E-state index contributed by atoms with van der Waals surface area (Å²) in [7, 11) is 1.36. The first-order valence-electron chi connectivity index (χ1n) is 7.10. The normalized spacial score (nSPS) is 11.9. The molecule has 1 N–H and O–H groups in total. The number of hydrogen-bond donors (Lipinski definition) is 1. The molecule has 0 bridgehead atoms. The van der Waals surface area contributed by atoms with Gasteiger partial charge >= 0.3 is 5.97 Å². The Hall–Kier alpha value is -0.330. The van der Waals surface area contributed by atoms with E-state index in [1.54, 1.807) is 0 Å². The van der Waals surface area contributed by atoms with Gasteiger partial charge in [0.15, 0.2) is 0 Å². The lowest BCUT2D eigenvalue weighted by atomic mass is 10.1. The second kappa shape index (κ2) is 12.7. The molecule has 1 unspecified atom stereocenters. The average Bonchev–Trinajstić information content (AvgIpc) is 2.42. The molecule has 0 aromatic heterocycles. The molecule has 5 heteroatoms. The van der Waals surface area contributed by atoms with Gasteiger partial charge in [0.25, 0.3) is 0 Å². The molecule has 0 spiro atoms. The number of nitrogens with one attached hydrogen (secondary N) is 1. The number of carbonyl (C=O) groups excluding carboxylic acids is 2. The van der Waals surface area contributed by atoms with Gasteiger partial charge in [0.05, 0.1) is 7.11 Å². The summed E-state index contributed by atoms with van der Waals surface area (Å²) in [4.78, 5) is 22.7. The predicted octanol–water partition coefficient (Wildman–Crippen LogP) is 3.22. The van der Waals surface area contributed by atoms with Crippen molar-refractivity contribution in [2.24, 2.45) is 0 Å². The maximum atomic E-state index is 11.5. The second-order valence-corrected chi connectivity index (χ2v) is 6.17. The number of esters is 1. The fraction of sp³-hybridized carbons (Fsp3) is 0.857. The van der Waals surface area contributed by atoms with Crippen LogP contribution in [-0.4, -0.2) is 29.5 Å². The Morgan fingerprint density at radius 2 is 1.68 bits per heavy atom. The van der Waals surface area contributed by atoms with Crippen molar-refractivity contribution in [3.05, 3.63) is 0 Å². The fourth-order valence-electron chi connectivity index (χ4n) is 1.75. The van der Waals surface area contributed by atoms with Crippen LogP contribution in [0.25, 0.3) is 0 Å². The summed E-state index contributed by atoms with van der Waals surface area (Å²) in [5.41, 5.74) is 0. The van der Waals surface area contributed by atoms with E-state index < -0.39 is 0 Å². The molecule has 0 fully saturated rings. The number of methoxy groups -OCH3 is 1. The molecule has 112 valence electrons. The van der Waals surface area contributed by atoms with Crippen LogP contribution in [0.5, 0.6) is 0 Å². The summed E-state index contributed by atoms with van der Waals surface area (Å²) in [6.07, 6.45) is 8.96. The number of amides is 1. The summed E-state index contributed by atoms with van der Waals surface area (Å²) in [5.74, 6) is -0.268. The first kappa shape index (κ1) is 18.7. The summed E-state index contributed by atoms with van der Waals surface area (Å²) in [5, 5.41) is 2.76. The summed E-state index contributed by atoms with van der Waals surface area (Å²) < 4.78 is 4.29. The van der Waals surface area contributed by atoms with Crippen molar-refractivity contribution >= 4 is 34.5 Å². The Labute approximate surface area is 130 Å². The lowest BCUT2D eigenvalue weighted by molar-refractivity contribution is -0.139. The third kappa shape index (κ3) is 11.2. The van der Waals surface area contributed by atoms with Crippen LogP contribution in [0.4, 0.5) is 0 Å². The minimum Gasteiger partial charge on any atom is -0.468 e. The highest BCUT2D eigenvalue weighted by Crippen LogP contribution is 2.08. The van der Waals surface area contributed by atoms with Crippen molar-refractivity contribution < 1.29 is 14.3 Å². The predicted molar refractivity (Wildman–Crippen MR) is 85.4 cm³/mol. The molecule has 1 amide bonds. The van der Waals surface area contributed by atoms with E-state index in [-0.39, 0.29) is 15.8 Å². The van der Waals surface area contributed by atoms with Gasteiger partial charge < -0.3 is 10.1 Å². The van der Waals surface area contributed by atoms with Gasteiger partial charge in [0.1, 0.15) is 3.92 Å². The Morgan fingerprint density at radius 1 is 1.11 bits per heavy atom. The van der Waals surface area contributed by atoms with Crippen LogP contribution < -0.4 is 5.32 Å². The smallest absolute Gasteiger partial charge is 0.320 e. The van der Waals surface area contributed by atoms with Gasteiger partial charge in [0, 0.05) is 13.0 Å². The van der Waals surface area contributed by atoms with Gasteiger partial charge in [-0.05, 0) is 6.42 Å². The van der Waals surface area contributed by atoms with Crippen LogP contribution in [-0.2, 0) is 14.3 Å². The van der Waals surface area contributed by atoms with Crippen LogP contribution in [0.3, 0.4) is 0 Å². The van der Waals surface area contributed by atoms with Crippen LogP contribution in [0.1, 0.15) is 58.3 Å². The van der Waals surface area contributed by atoms with Crippen molar-refractivity contribution in [3.8, 4) is 0 Å². The summed E-state index contributed by atoms with van der Waals surface area (Å²) in [6.45, 7) is 2.56. The third-order valence-corrected chi connectivity index (χ3v) is 3.89. The van der Waals surface area contributed by atoms with Gasteiger partial charge in [-0.3, -0.25) is 9.59 Å². The topological polar surface area (TPSA) is 55.4 Å². The lowest BCUT2D eigenvalue weighted by Crippen LogP contribution is -2.33. The third-order valence-electron chi connectivity index (χ3n) is 2.94. The number of carbonyl (C=O) groups is 2. The van der Waals surface area contributed by atoms with Crippen LogP contribution in [0.15, 0.2) is 0 Å². The molecule has 0 aliphatic carbocycles. The van der Waals surface area contributed by atoms with E-state index in [1.165, 1.54) is 39.2 Å². The molecular weight excluding hydrogens is 357 g/mol. The SMILES string of the molecule is CCCCCCCCCC(=O)NCC(I)C(=O)OC. The van der Waals surface area contributed by atoms with E-state index >= 15 is 0 Å². The van der Waals surface area contributed by atoms with Crippen molar-refractivity contribution in [2.75, 3.05) is 13.7 Å². The first-order valence-corrected chi connectivity index (χ1v) is 8.35. The Kier molecular flexibility index (Phi) is 12.5. The zero-order valence-electron chi connectivity index (χ0n) is 12.0. The van der Waals surface area contributed by atoms with Crippen molar-refractivity contribution in [2.45, 2.75) is 62.2 Å². The van der Waals surface area contributed by atoms with Crippen LogP contribution in [0, 0.1) is 0 Å². The van der Waals surface area contributed by atoms with Crippen LogP contribution >= 0.6 is 22.6 Å². The van der Waals surface area contributed by atoms with E-state index in [0.717, 1.165) is 12.8 Å². The molecule has 0 aliphatic rings. The van der Waals surface area contributed by atoms with Crippen LogP contribution in [0.2, 0.25) is 0 Å². The number of halogens is 1. The Morgan fingerprint density at radius 3 is 2.26 bits per heavy atom. The number of alkyl halides is 1. The molecule has 0 rings (SSSR count). The molecule has 0 aliphatic heterocycles. The highest BCUT2D eigenvalue weighted by Gasteiger charge is 2.15. The molecule has 0 heterocycles. The van der Waals surface area contributed by atoms with Gasteiger partial charge in [-0.15, -0.1) is 0 Å². The highest BCUT2D eigenvalue weighted by atomic mass is 127. The quantitative estimate of drug-likeness (QED) is 0.258. The van der Waals surface area contributed by atoms with E-state index in [2.05, 4.69) is 17.0 Å². The molecule has 0 aromatic carbocycles. The molecule has 19 heavy (non-hydrogen) atoms.